The summed E-state index contributed by atoms with van der Waals surface area (Å²) in [5, 5.41) is 4.04. The van der Waals surface area contributed by atoms with Gasteiger partial charge >= 0.3 is 0 Å². The number of aryl methyl sites for hydroxylation is 1. The van der Waals surface area contributed by atoms with Crippen molar-refractivity contribution < 1.29 is 9.32 Å². The standard InChI is InChI=1S/C17H22N4O2/c1-13-11-16(19-23-13)5-6-20-7-9-21(10-8-20)17-4-3-15(12-18-17)14(2)22/h3-4,11-12H,5-10H2,1-2H3. The van der Waals surface area contributed by atoms with Crippen molar-refractivity contribution in [1.82, 2.24) is 15.0 Å². The number of ketones is 1. The van der Waals surface area contributed by atoms with Gasteiger partial charge in [-0.05, 0) is 26.0 Å². The summed E-state index contributed by atoms with van der Waals surface area (Å²) in [6.45, 7) is 8.39. The second kappa shape index (κ2) is 6.91. The number of Topliss-reactive ketones (excluding diaryl/α,β-unsaturated/α-hetero) is 1. The van der Waals surface area contributed by atoms with E-state index in [-0.39, 0.29) is 5.78 Å². The maximum absolute atomic E-state index is 11.3. The van der Waals surface area contributed by atoms with Gasteiger partial charge in [0.1, 0.15) is 11.6 Å². The molecule has 0 N–H and O–H groups in total. The summed E-state index contributed by atoms with van der Waals surface area (Å²) in [6.07, 6.45) is 2.58. The van der Waals surface area contributed by atoms with Crippen LogP contribution in [0.1, 0.15) is 28.7 Å². The molecule has 1 saturated heterocycles. The zero-order chi connectivity index (χ0) is 16.2. The van der Waals surface area contributed by atoms with Crippen LogP contribution in [-0.4, -0.2) is 53.5 Å². The molecule has 1 fully saturated rings. The predicted molar refractivity (Wildman–Crippen MR) is 87.8 cm³/mol. The average molecular weight is 314 g/mol. The van der Waals surface area contributed by atoms with E-state index in [9.17, 15) is 4.79 Å². The molecule has 122 valence electrons. The fourth-order valence-corrected chi connectivity index (χ4v) is 2.79. The number of hydrogen-bond donors (Lipinski definition) is 0. The normalized spacial score (nSPS) is 15.8. The van der Waals surface area contributed by atoms with Gasteiger partial charge in [-0.25, -0.2) is 4.98 Å². The van der Waals surface area contributed by atoms with Gasteiger partial charge in [0, 0.05) is 57.0 Å². The minimum Gasteiger partial charge on any atom is -0.361 e. The number of carbonyl (C=O) groups excluding carboxylic acids is 1. The van der Waals surface area contributed by atoms with Gasteiger partial charge in [-0.3, -0.25) is 9.69 Å². The molecule has 2 aromatic heterocycles. The molecular formula is C17H22N4O2. The average Bonchev–Trinajstić information content (AvgIpc) is 2.99. The van der Waals surface area contributed by atoms with Gasteiger partial charge < -0.3 is 9.42 Å². The molecule has 3 rings (SSSR count). The molecule has 0 spiro atoms. The molecule has 1 aliphatic rings. The van der Waals surface area contributed by atoms with E-state index in [1.807, 2.05) is 25.1 Å². The molecule has 2 aromatic rings. The van der Waals surface area contributed by atoms with Crippen LogP contribution in [0.25, 0.3) is 0 Å². The Morgan fingerprint density at radius 1 is 1.26 bits per heavy atom. The predicted octanol–water partition coefficient (Wildman–Crippen LogP) is 1.95. The Morgan fingerprint density at radius 2 is 2.04 bits per heavy atom. The van der Waals surface area contributed by atoms with Gasteiger partial charge in [0.2, 0.25) is 0 Å². The molecule has 0 saturated carbocycles. The molecule has 0 atom stereocenters. The van der Waals surface area contributed by atoms with E-state index in [1.54, 1.807) is 13.1 Å². The monoisotopic (exact) mass is 314 g/mol. The lowest BCUT2D eigenvalue weighted by atomic mass is 10.2. The summed E-state index contributed by atoms with van der Waals surface area (Å²) in [6, 6.07) is 5.78. The molecule has 0 bridgehead atoms. The fourth-order valence-electron chi connectivity index (χ4n) is 2.79. The molecular weight excluding hydrogens is 292 g/mol. The Hall–Kier alpha value is -2.21. The Morgan fingerprint density at radius 3 is 2.61 bits per heavy atom. The number of pyridine rings is 1. The maximum Gasteiger partial charge on any atom is 0.161 e. The van der Waals surface area contributed by atoms with Crippen LogP contribution in [0.4, 0.5) is 5.82 Å². The van der Waals surface area contributed by atoms with E-state index >= 15 is 0 Å². The third-order valence-corrected chi connectivity index (χ3v) is 4.21. The van der Waals surface area contributed by atoms with Crippen LogP contribution < -0.4 is 4.90 Å². The summed E-state index contributed by atoms with van der Waals surface area (Å²) in [7, 11) is 0. The zero-order valence-corrected chi connectivity index (χ0v) is 13.7. The lowest BCUT2D eigenvalue weighted by molar-refractivity contribution is 0.101. The minimum atomic E-state index is 0.0527. The Bertz CT molecular complexity index is 657. The number of anilines is 1. The minimum absolute atomic E-state index is 0.0527. The highest BCUT2D eigenvalue weighted by Gasteiger charge is 2.18. The number of hydrogen-bond acceptors (Lipinski definition) is 6. The van der Waals surface area contributed by atoms with Gasteiger partial charge in [0.15, 0.2) is 5.78 Å². The molecule has 0 radical (unpaired) electrons. The molecule has 6 heteroatoms. The van der Waals surface area contributed by atoms with E-state index in [4.69, 9.17) is 4.52 Å². The molecule has 23 heavy (non-hydrogen) atoms. The first-order chi connectivity index (χ1) is 11.1. The number of nitrogens with zero attached hydrogens (tertiary/aromatic N) is 4. The van der Waals surface area contributed by atoms with Crippen molar-refractivity contribution in [2.24, 2.45) is 0 Å². The van der Waals surface area contributed by atoms with Crippen LogP contribution >= 0.6 is 0 Å². The second-order valence-corrected chi connectivity index (χ2v) is 5.97. The number of rotatable bonds is 5. The third-order valence-electron chi connectivity index (χ3n) is 4.21. The first-order valence-electron chi connectivity index (χ1n) is 7.98. The van der Waals surface area contributed by atoms with Crippen LogP contribution in [-0.2, 0) is 6.42 Å². The summed E-state index contributed by atoms with van der Waals surface area (Å²) >= 11 is 0. The molecule has 0 amide bonds. The summed E-state index contributed by atoms with van der Waals surface area (Å²) < 4.78 is 5.10. The summed E-state index contributed by atoms with van der Waals surface area (Å²) in [4.78, 5) is 20.4. The largest absolute Gasteiger partial charge is 0.361 e. The Labute approximate surface area is 136 Å². The van der Waals surface area contributed by atoms with Crippen molar-refractivity contribution in [1.29, 1.82) is 0 Å². The molecule has 1 aliphatic heterocycles. The Balaban J connectivity index is 1.49. The van der Waals surface area contributed by atoms with Crippen LogP contribution in [0.15, 0.2) is 28.9 Å². The van der Waals surface area contributed by atoms with Crippen LogP contribution in [0.2, 0.25) is 0 Å². The van der Waals surface area contributed by atoms with Crippen molar-refractivity contribution in [3.8, 4) is 0 Å². The zero-order valence-electron chi connectivity index (χ0n) is 13.7. The molecule has 0 aliphatic carbocycles. The number of aromatic nitrogens is 2. The van der Waals surface area contributed by atoms with E-state index in [1.165, 1.54) is 0 Å². The first-order valence-corrected chi connectivity index (χ1v) is 7.98. The molecule has 0 unspecified atom stereocenters. The lowest BCUT2D eigenvalue weighted by Crippen LogP contribution is -2.47. The van der Waals surface area contributed by atoms with Gasteiger partial charge in [-0.15, -0.1) is 0 Å². The molecule has 6 nitrogen and oxygen atoms in total. The van der Waals surface area contributed by atoms with Crippen LogP contribution in [0, 0.1) is 6.92 Å². The van der Waals surface area contributed by atoms with Crippen molar-refractivity contribution in [3.63, 3.8) is 0 Å². The van der Waals surface area contributed by atoms with E-state index in [0.717, 1.165) is 56.4 Å². The quantitative estimate of drug-likeness (QED) is 0.786. The lowest BCUT2D eigenvalue weighted by Gasteiger charge is -2.35. The van der Waals surface area contributed by atoms with E-state index in [0.29, 0.717) is 5.56 Å². The smallest absolute Gasteiger partial charge is 0.161 e. The number of piperazine rings is 1. The summed E-state index contributed by atoms with van der Waals surface area (Å²) in [5.74, 6) is 1.86. The highest BCUT2D eigenvalue weighted by molar-refractivity contribution is 5.93. The van der Waals surface area contributed by atoms with Gasteiger partial charge in [-0.2, -0.15) is 0 Å². The summed E-state index contributed by atoms with van der Waals surface area (Å²) in [5.41, 5.74) is 1.68. The molecule has 3 heterocycles. The maximum atomic E-state index is 11.3. The third kappa shape index (κ3) is 3.96. The second-order valence-electron chi connectivity index (χ2n) is 5.97. The van der Waals surface area contributed by atoms with Gasteiger partial charge in [0.05, 0.1) is 5.69 Å². The van der Waals surface area contributed by atoms with Crippen molar-refractivity contribution in [2.45, 2.75) is 20.3 Å². The topological polar surface area (TPSA) is 62.5 Å². The highest BCUT2D eigenvalue weighted by Crippen LogP contribution is 2.14. The molecule has 0 aromatic carbocycles. The van der Waals surface area contributed by atoms with Crippen LogP contribution in [0.3, 0.4) is 0 Å². The van der Waals surface area contributed by atoms with Crippen molar-refractivity contribution in [2.75, 3.05) is 37.6 Å². The van der Waals surface area contributed by atoms with E-state index < -0.39 is 0 Å². The van der Waals surface area contributed by atoms with Crippen LogP contribution in [0.5, 0.6) is 0 Å². The highest BCUT2D eigenvalue weighted by atomic mass is 16.5. The van der Waals surface area contributed by atoms with E-state index in [2.05, 4.69) is 19.9 Å². The Kier molecular flexibility index (Phi) is 4.71. The van der Waals surface area contributed by atoms with Gasteiger partial charge in [-0.1, -0.05) is 5.16 Å². The van der Waals surface area contributed by atoms with Crippen molar-refractivity contribution >= 4 is 11.6 Å². The SMILES string of the molecule is CC(=O)c1ccc(N2CCN(CCc3cc(C)on3)CC2)nc1. The van der Waals surface area contributed by atoms with Gasteiger partial charge in [0.25, 0.3) is 0 Å². The fraction of sp³-hybridized carbons (Fsp3) is 0.471. The van der Waals surface area contributed by atoms with Crippen molar-refractivity contribution in [3.05, 3.63) is 41.4 Å². The number of carbonyl (C=O) groups is 1. The first kappa shape index (κ1) is 15.7.